The van der Waals surface area contributed by atoms with Crippen molar-refractivity contribution in [3.63, 3.8) is 0 Å². The zero-order chi connectivity index (χ0) is 29.0. The van der Waals surface area contributed by atoms with Gasteiger partial charge in [0.2, 0.25) is 0 Å². The van der Waals surface area contributed by atoms with Crippen molar-refractivity contribution in [1.82, 2.24) is 0 Å². The normalized spacial score (nSPS) is 27.3. The van der Waals surface area contributed by atoms with Crippen LogP contribution in [-0.2, 0) is 28.5 Å². The Morgan fingerprint density at radius 2 is 1.35 bits per heavy atom. The summed E-state index contributed by atoms with van der Waals surface area (Å²) in [5, 5.41) is 31.1. The average molecular weight is 575 g/mol. The molecule has 3 N–H and O–H groups in total. The summed E-state index contributed by atoms with van der Waals surface area (Å²) in [5.74, 6) is -0.334. The monoisotopic (exact) mass is 574 g/mol. The van der Waals surface area contributed by atoms with Crippen molar-refractivity contribution in [3.8, 4) is 0 Å². The molecule has 2 fully saturated rings. The van der Waals surface area contributed by atoms with Crippen molar-refractivity contribution < 1.29 is 43.8 Å². The number of carbonyl (C=O) groups is 1. The number of carbonyl (C=O) groups excluding carboxylic acids is 1. The van der Waals surface area contributed by atoms with Gasteiger partial charge < -0.3 is 39.0 Å². The first-order valence-corrected chi connectivity index (χ1v) is 16.2. The molecule has 0 amide bonds. The van der Waals surface area contributed by atoms with E-state index in [1.165, 1.54) is 70.6 Å². The first-order valence-electron chi connectivity index (χ1n) is 16.2. The van der Waals surface area contributed by atoms with Crippen LogP contribution in [0.4, 0.5) is 0 Å². The van der Waals surface area contributed by atoms with E-state index in [1.54, 1.807) is 0 Å². The molecule has 9 nitrogen and oxygen atoms in total. The van der Waals surface area contributed by atoms with Crippen LogP contribution in [0.15, 0.2) is 0 Å². The molecule has 0 aliphatic carbocycles. The van der Waals surface area contributed by atoms with E-state index in [2.05, 4.69) is 13.8 Å². The number of esters is 1. The van der Waals surface area contributed by atoms with Gasteiger partial charge >= 0.3 is 5.97 Å². The fraction of sp³-hybridized carbons (Fsp3) is 0.968. The van der Waals surface area contributed by atoms with Gasteiger partial charge in [-0.25, -0.2) is 0 Å². The van der Waals surface area contributed by atoms with Crippen LogP contribution in [0, 0.1) is 0 Å². The molecule has 7 atom stereocenters. The second kappa shape index (κ2) is 21.8. The Balaban J connectivity index is 1.53. The molecule has 0 aromatic carbocycles. The highest BCUT2D eigenvalue weighted by Crippen LogP contribution is 2.30. The van der Waals surface area contributed by atoms with Crippen molar-refractivity contribution in [2.75, 3.05) is 19.8 Å². The largest absolute Gasteiger partial charge is 0.463 e. The van der Waals surface area contributed by atoms with Crippen molar-refractivity contribution in [2.45, 2.75) is 173 Å². The quantitative estimate of drug-likeness (QED) is 0.106. The molecular weight excluding hydrogens is 516 g/mol. The molecule has 2 aliphatic rings. The van der Waals surface area contributed by atoms with Gasteiger partial charge in [-0.1, -0.05) is 104 Å². The summed E-state index contributed by atoms with van der Waals surface area (Å²) in [7, 11) is 0. The van der Waals surface area contributed by atoms with Gasteiger partial charge in [0.05, 0.1) is 13.2 Å². The Kier molecular flexibility index (Phi) is 19.3. The minimum absolute atomic E-state index is 0.190. The maximum Gasteiger partial charge on any atom is 0.305 e. The molecule has 0 aromatic heterocycles. The number of aliphatic hydroxyl groups excluding tert-OH is 3. The lowest BCUT2D eigenvalue weighted by Gasteiger charge is -2.20. The standard InChI is InChI=1S/C31H58O9/c1-3-5-7-9-11-12-14-15-17-19-26(33)36-21-24(32)22-38-31-29(35)28(34)30(40-31)25-23-37-27(39-25)20-18-16-13-10-8-6-4-2/h24-25,27-32,34-35H,3-23H2,1-2H3/t24-,25-,27+,28-,29-,30+,31-/m1/s1. The summed E-state index contributed by atoms with van der Waals surface area (Å²) < 4.78 is 28.1. The number of rotatable bonds is 24. The third-order valence-corrected chi connectivity index (χ3v) is 7.81. The van der Waals surface area contributed by atoms with E-state index >= 15 is 0 Å². The van der Waals surface area contributed by atoms with Crippen LogP contribution in [0.25, 0.3) is 0 Å². The molecule has 9 heteroatoms. The number of ether oxygens (including phenoxy) is 5. The summed E-state index contributed by atoms with van der Waals surface area (Å²) in [6.07, 6.45) is 13.9. The molecule has 2 heterocycles. The lowest BCUT2D eigenvalue weighted by atomic mass is 10.1. The number of hydrogen-bond acceptors (Lipinski definition) is 9. The fourth-order valence-electron chi connectivity index (χ4n) is 5.28. The first kappa shape index (κ1) is 35.4. The molecule has 0 radical (unpaired) electrons. The highest BCUT2D eigenvalue weighted by molar-refractivity contribution is 5.69. The number of aliphatic hydroxyl groups is 3. The van der Waals surface area contributed by atoms with Gasteiger partial charge in [0, 0.05) is 6.42 Å². The number of unbranched alkanes of at least 4 members (excludes halogenated alkanes) is 14. The maximum atomic E-state index is 12.0. The van der Waals surface area contributed by atoms with Gasteiger partial charge in [0.15, 0.2) is 12.6 Å². The second-order valence-electron chi connectivity index (χ2n) is 11.5. The highest BCUT2D eigenvalue weighted by atomic mass is 16.8. The zero-order valence-corrected chi connectivity index (χ0v) is 25.2. The minimum atomic E-state index is -1.28. The summed E-state index contributed by atoms with van der Waals surface area (Å²) in [6.45, 7) is 4.32. The van der Waals surface area contributed by atoms with E-state index < -0.39 is 36.8 Å². The van der Waals surface area contributed by atoms with E-state index in [1.807, 2.05) is 0 Å². The molecule has 2 aliphatic heterocycles. The topological polar surface area (TPSA) is 124 Å². The van der Waals surface area contributed by atoms with E-state index in [4.69, 9.17) is 23.7 Å². The van der Waals surface area contributed by atoms with Crippen LogP contribution < -0.4 is 0 Å². The molecule has 236 valence electrons. The van der Waals surface area contributed by atoms with Crippen LogP contribution in [0.2, 0.25) is 0 Å². The maximum absolute atomic E-state index is 12.0. The molecule has 0 aromatic rings. The third kappa shape index (κ3) is 14.4. The Labute approximate surface area is 242 Å². The van der Waals surface area contributed by atoms with Crippen molar-refractivity contribution in [2.24, 2.45) is 0 Å². The van der Waals surface area contributed by atoms with E-state index in [0.29, 0.717) is 6.42 Å². The van der Waals surface area contributed by atoms with Crippen molar-refractivity contribution in [3.05, 3.63) is 0 Å². The Bertz CT molecular complexity index is 634. The SMILES string of the molecule is CCCCCCCCCCCC(=O)OC[C@@H](O)CO[C@@H]1O[C@@H]([C@H]2CO[C@H](CCCCCCCCC)O2)[C@H](O)[C@H]1O. The summed E-state index contributed by atoms with van der Waals surface area (Å²) in [4.78, 5) is 12.0. The average Bonchev–Trinajstić information content (AvgIpc) is 3.53. The van der Waals surface area contributed by atoms with Gasteiger partial charge in [0.25, 0.3) is 0 Å². The van der Waals surface area contributed by atoms with E-state index in [-0.39, 0.29) is 32.1 Å². The highest BCUT2D eigenvalue weighted by Gasteiger charge is 2.49. The molecule has 0 bridgehead atoms. The van der Waals surface area contributed by atoms with Crippen LogP contribution in [0.1, 0.15) is 129 Å². The third-order valence-electron chi connectivity index (χ3n) is 7.81. The lowest BCUT2D eigenvalue weighted by molar-refractivity contribution is -0.195. The molecule has 0 spiro atoms. The van der Waals surface area contributed by atoms with Gasteiger partial charge in [0.1, 0.15) is 37.1 Å². The Hall–Kier alpha value is -0.810. The molecule has 2 saturated heterocycles. The Morgan fingerprint density at radius 1 is 0.775 bits per heavy atom. The molecule has 0 unspecified atom stereocenters. The van der Waals surface area contributed by atoms with Gasteiger partial charge in [-0.05, 0) is 19.3 Å². The van der Waals surface area contributed by atoms with Crippen LogP contribution in [-0.4, -0.2) is 84.2 Å². The Morgan fingerprint density at radius 3 is 1.98 bits per heavy atom. The first-order chi connectivity index (χ1) is 19.5. The van der Waals surface area contributed by atoms with Crippen LogP contribution >= 0.6 is 0 Å². The lowest BCUT2D eigenvalue weighted by Crippen LogP contribution is -2.40. The summed E-state index contributed by atoms with van der Waals surface area (Å²) >= 11 is 0. The van der Waals surface area contributed by atoms with Gasteiger partial charge in [-0.3, -0.25) is 4.79 Å². The van der Waals surface area contributed by atoms with Crippen molar-refractivity contribution in [1.29, 1.82) is 0 Å². The molecule has 40 heavy (non-hydrogen) atoms. The van der Waals surface area contributed by atoms with E-state index in [0.717, 1.165) is 38.5 Å². The number of hydrogen-bond donors (Lipinski definition) is 3. The van der Waals surface area contributed by atoms with Gasteiger partial charge in [-0.15, -0.1) is 0 Å². The van der Waals surface area contributed by atoms with Crippen LogP contribution in [0.3, 0.4) is 0 Å². The molecule has 2 rings (SSSR count). The zero-order valence-electron chi connectivity index (χ0n) is 25.2. The molecule has 0 saturated carbocycles. The van der Waals surface area contributed by atoms with Gasteiger partial charge in [-0.2, -0.15) is 0 Å². The fourth-order valence-corrected chi connectivity index (χ4v) is 5.28. The molecular formula is C31H58O9. The van der Waals surface area contributed by atoms with Crippen LogP contribution in [0.5, 0.6) is 0 Å². The predicted molar refractivity (Wildman–Crippen MR) is 153 cm³/mol. The predicted octanol–water partition coefficient (Wildman–Crippen LogP) is 5.16. The second-order valence-corrected chi connectivity index (χ2v) is 11.5. The minimum Gasteiger partial charge on any atom is -0.463 e. The summed E-state index contributed by atoms with van der Waals surface area (Å²) in [6, 6.07) is 0. The summed E-state index contributed by atoms with van der Waals surface area (Å²) in [5.41, 5.74) is 0. The van der Waals surface area contributed by atoms with E-state index in [9.17, 15) is 20.1 Å². The smallest absolute Gasteiger partial charge is 0.305 e. The van der Waals surface area contributed by atoms with Crippen molar-refractivity contribution >= 4 is 5.97 Å².